The van der Waals surface area contributed by atoms with Crippen molar-refractivity contribution >= 4 is 35.0 Å². The highest BCUT2D eigenvalue weighted by molar-refractivity contribution is 6.07. The van der Waals surface area contributed by atoms with Crippen LogP contribution in [0.15, 0.2) is 30.5 Å². The molecule has 2 N–H and O–H groups in total. The summed E-state index contributed by atoms with van der Waals surface area (Å²) in [4.78, 5) is 15.4. The van der Waals surface area contributed by atoms with Gasteiger partial charge < -0.3 is 10.4 Å². The number of hydrogen-bond acceptors (Lipinski definition) is 3. The van der Waals surface area contributed by atoms with Crippen LogP contribution < -0.4 is 5.32 Å². The number of carbonyl (C=O) groups is 1. The van der Waals surface area contributed by atoms with E-state index in [1.807, 2.05) is 25.1 Å². The lowest BCUT2D eigenvalue weighted by atomic mass is 10.1. The number of aromatic carboxylic acids is 1. The van der Waals surface area contributed by atoms with E-state index in [0.29, 0.717) is 17.7 Å². The Balaban J connectivity index is 0.00000144. The van der Waals surface area contributed by atoms with Crippen LogP contribution in [0.1, 0.15) is 17.3 Å². The molecule has 1 aromatic carbocycles. The summed E-state index contributed by atoms with van der Waals surface area (Å²) in [5, 5.41) is 13.7. The van der Waals surface area contributed by atoms with Gasteiger partial charge in [0.25, 0.3) is 0 Å². The van der Waals surface area contributed by atoms with Crippen LogP contribution in [-0.4, -0.2) is 22.6 Å². The van der Waals surface area contributed by atoms with Crippen LogP contribution in [0.25, 0.3) is 10.8 Å². The molecule has 0 spiro atoms. The maximum atomic E-state index is 11.2. The molecule has 0 aliphatic rings. The first-order valence-electron chi connectivity index (χ1n) is 5.09. The van der Waals surface area contributed by atoms with E-state index >= 15 is 0 Å². The number of fused-ring (bicyclic) bond motifs is 1. The van der Waals surface area contributed by atoms with Gasteiger partial charge in [-0.2, -0.15) is 0 Å². The lowest BCUT2D eigenvalue weighted by molar-refractivity contribution is 0.0699. The van der Waals surface area contributed by atoms with Gasteiger partial charge in [0, 0.05) is 23.5 Å². The van der Waals surface area contributed by atoms with Crippen LogP contribution >= 0.6 is 12.4 Å². The standard InChI is InChI=1S/C12H12N2O2.ClH/c1-2-13-11-10(12(15)16)9-6-4-3-5-8(9)7-14-11;/h3-7H,2H2,1H3,(H,13,14)(H,15,16);1H. The highest BCUT2D eigenvalue weighted by Gasteiger charge is 2.14. The van der Waals surface area contributed by atoms with Crippen LogP contribution in [0.4, 0.5) is 5.82 Å². The smallest absolute Gasteiger partial charge is 0.340 e. The monoisotopic (exact) mass is 252 g/mol. The quantitative estimate of drug-likeness (QED) is 0.882. The molecule has 0 saturated heterocycles. The Morgan fingerprint density at radius 3 is 2.76 bits per heavy atom. The molecule has 2 aromatic rings. The molecular weight excluding hydrogens is 240 g/mol. The minimum atomic E-state index is -0.958. The lowest BCUT2D eigenvalue weighted by Crippen LogP contribution is -2.08. The molecule has 2 rings (SSSR count). The Kier molecular flexibility index (Phi) is 4.29. The second-order valence-electron chi connectivity index (χ2n) is 3.40. The number of hydrogen-bond donors (Lipinski definition) is 2. The number of anilines is 1. The van der Waals surface area contributed by atoms with Crippen molar-refractivity contribution in [3.05, 3.63) is 36.0 Å². The normalized spacial score (nSPS) is 9.71. The van der Waals surface area contributed by atoms with E-state index in [0.717, 1.165) is 5.39 Å². The van der Waals surface area contributed by atoms with Gasteiger partial charge in [-0.3, -0.25) is 0 Å². The van der Waals surface area contributed by atoms with E-state index in [9.17, 15) is 9.90 Å². The Hall–Kier alpha value is -1.81. The zero-order valence-electron chi connectivity index (χ0n) is 9.30. The number of carboxylic acids is 1. The van der Waals surface area contributed by atoms with Gasteiger partial charge in [0.15, 0.2) is 0 Å². The van der Waals surface area contributed by atoms with E-state index in [1.165, 1.54) is 0 Å². The second kappa shape index (κ2) is 5.50. The molecule has 0 atom stereocenters. The van der Waals surface area contributed by atoms with Crippen molar-refractivity contribution in [2.24, 2.45) is 0 Å². The van der Waals surface area contributed by atoms with E-state index < -0.39 is 5.97 Å². The number of halogens is 1. The summed E-state index contributed by atoms with van der Waals surface area (Å²) in [6.07, 6.45) is 1.68. The van der Waals surface area contributed by atoms with Crippen LogP contribution in [0.2, 0.25) is 0 Å². The number of pyridine rings is 1. The van der Waals surface area contributed by atoms with Gasteiger partial charge >= 0.3 is 5.97 Å². The molecule has 0 fully saturated rings. The molecule has 0 aliphatic heterocycles. The Morgan fingerprint density at radius 2 is 2.12 bits per heavy atom. The Bertz CT molecular complexity index is 543. The fourth-order valence-electron chi connectivity index (χ4n) is 1.68. The summed E-state index contributed by atoms with van der Waals surface area (Å²) in [5.41, 5.74) is 0.236. The van der Waals surface area contributed by atoms with Crippen molar-refractivity contribution in [3.63, 3.8) is 0 Å². The number of nitrogens with one attached hydrogen (secondary N) is 1. The van der Waals surface area contributed by atoms with Gasteiger partial charge in [-0.05, 0) is 6.92 Å². The molecule has 0 unspecified atom stereocenters. The van der Waals surface area contributed by atoms with Crippen LogP contribution in [0, 0.1) is 0 Å². The molecule has 0 amide bonds. The zero-order chi connectivity index (χ0) is 11.5. The van der Waals surface area contributed by atoms with Crippen molar-refractivity contribution < 1.29 is 9.90 Å². The van der Waals surface area contributed by atoms with Crippen LogP contribution in [0.3, 0.4) is 0 Å². The van der Waals surface area contributed by atoms with E-state index in [1.54, 1.807) is 12.3 Å². The fourth-order valence-corrected chi connectivity index (χ4v) is 1.68. The van der Waals surface area contributed by atoms with E-state index in [4.69, 9.17) is 0 Å². The third-order valence-electron chi connectivity index (χ3n) is 2.36. The summed E-state index contributed by atoms with van der Waals surface area (Å²) < 4.78 is 0. The van der Waals surface area contributed by atoms with Gasteiger partial charge in [0.2, 0.25) is 0 Å². The van der Waals surface area contributed by atoms with Gasteiger partial charge in [0.1, 0.15) is 11.4 Å². The maximum absolute atomic E-state index is 11.2. The predicted octanol–water partition coefficient (Wildman–Crippen LogP) is 2.79. The van der Waals surface area contributed by atoms with Crippen LogP contribution in [0.5, 0.6) is 0 Å². The summed E-state index contributed by atoms with van der Waals surface area (Å²) in [6, 6.07) is 7.33. The first kappa shape index (κ1) is 13.3. The van der Waals surface area contributed by atoms with Gasteiger partial charge in [-0.15, -0.1) is 12.4 Å². The number of nitrogens with zero attached hydrogens (tertiary/aromatic N) is 1. The Labute approximate surface area is 105 Å². The molecule has 1 aromatic heterocycles. The SMILES string of the molecule is CCNc1ncc2ccccc2c1C(=O)O.Cl. The summed E-state index contributed by atoms with van der Waals surface area (Å²) in [7, 11) is 0. The topological polar surface area (TPSA) is 62.2 Å². The molecule has 0 saturated carbocycles. The number of carboxylic acid groups (broad SMARTS) is 1. The first-order chi connectivity index (χ1) is 7.74. The minimum absolute atomic E-state index is 0. The maximum Gasteiger partial charge on any atom is 0.340 e. The largest absolute Gasteiger partial charge is 0.478 e. The highest BCUT2D eigenvalue weighted by Crippen LogP contribution is 2.23. The van der Waals surface area contributed by atoms with Crippen molar-refractivity contribution in [2.75, 3.05) is 11.9 Å². The summed E-state index contributed by atoms with van der Waals surface area (Å²) in [6.45, 7) is 2.55. The highest BCUT2D eigenvalue weighted by atomic mass is 35.5. The molecule has 5 heteroatoms. The molecule has 0 radical (unpaired) electrons. The molecule has 90 valence electrons. The van der Waals surface area contributed by atoms with E-state index in [2.05, 4.69) is 10.3 Å². The first-order valence-corrected chi connectivity index (χ1v) is 5.09. The van der Waals surface area contributed by atoms with Crippen molar-refractivity contribution in [1.82, 2.24) is 4.98 Å². The predicted molar refractivity (Wildman–Crippen MR) is 70.1 cm³/mol. The molecule has 4 nitrogen and oxygen atoms in total. The van der Waals surface area contributed by atoms with Gasteiger partial charge in [-0.1, -0.05) is 24.3 Å². The third kappa shape index (κ3) is 2.47. The second-order valence-corrected chi connectivity index (χ2v) is 3.40. The number of rotatable bonds is 3. The summed E-state index contributed by atoms with van der Waals surface area (Å²) in [5.74, 6) is -0.533. The molecule has 1 heterocycles. The molecule has 0 aliphatic carbocycles. The van der Waals surface area contributed by atoms with Gasteiger partial charge in [0.05, 0.1) is 0 Å². The lowest BCUT2D eigenvalue weighted by Gasteiger charge is -2.09. The number of aromatic nitrogens is 1. The van der Waals surface area contributed by atoms with Gasteiger partial charge in [-0.25, -0.2) is 9.78 Å². The number of benzene rings is 1. The average molecular weight is 253 g/mol. The molecular formula is C12H13ClN2O2. The van der Waals surface area contributed by atoms with E-state index in [-0.39, 0.29) is 18.0 Å². The van der Waals surface area contributed by atoms with Crippen molar-refractivity contribution in [3.8, 4) is 0 Å². The van der Waals surface area contributed by atoms with Crippen LogP contribution in [-0.2, 0) is 0 Å². The minimum Gasteiger partial charge on any atom is -0.478 e. The third-order valence-corrected chi connectivity index (χ3v) is 2.36. The average Bonchev–Trinajstić information content (AvgIpc) is 2.28. The summed E-state index contributed by atoms with van der Waals surface area (Å²) >= 11 is 0. The fraction of sp³-hybridized carbons (Fsp3) is 0.167. The van der Waals surface area contributed by atoms with Crippen molar-refractivity contribution in [2.45, 2.75) is 6.92 Å². The van der Waals surface area contributed by atoms with Crippen molar-refractivity contribution in [1.29, 1.82) is 0 Å². The Morgan fingerprint density at radius 1 is 1.41 bits per heavy atom. The molecule has 17 heavy (non-hydrogen) atoms. The zero-order valence-corrected chi connectivity index (χ0v) is 10.1. The molecule has 0 bridgehead atoms.